The molecule has 1 aliphatic rings. The number of pyridine rings is 1. The van der Waals surface area contributed by atoms with Crippen molar-refractivity contribution < 1.29 is 26.8 Å². The topological polar surface area (TPSA) is 130 Å². The summed E-state index contributed by atoms with van der Waals surface area (Å²) in [5.74, 6) is -1.09. The van der Waals surface area contributed by atoms with Gasteiger partial charge in [-0.2, -0.15) is 0 Å². The van der Waals surface area contributed by atoms with E-state index in [1.54, 1.807) is 52.0 Å². The lowest BCUT2D eigenvalue weighted by atomic mass is 10.00. The normalized spacial score (nSPS) is 14.1. The fraction of sp³-hybridized carbons (Fsp3) is 0.226. The third-order valence-electron chi connectivity index (χ3n) is 8.18. The van der Waals surface area contributed by atoms with E-state index in [9.17, 15) is 22.4 Å². The van der Waals surface area contributed by atoms with Gasteiger partial charge < -0.3 is 14.6 Å². The molecule has 5 heterocycles. The van der Waals surface area contributed by atoms with E-state index in [1.807, 2.05) is 6.92 Å². The number of rotatable bonds is 5. The second-order valence-corrected chi connectivity index (χ2v) is 13.2. The molecule has 7 rings (SSSR count). The zero-order valence-corrected chi connectivity index (χ0v) is 25.1. The molecule has 0 bridgehead atoms. The van der Waals surface area contributed by atoms with Crippen molar-refractivity contribution >= 4 is 65.9 Å². The Hall–Kier alpha value is -5.04. The third-order valence-corrected chi connectivity index (χ3v) is 9.37. The number of amides is 2. The molecule has 4 aromatic heterocycles. The summed E-state index contributed by atoms with van der Waals surface area (Å²) in [4.78, 5) is 37.6. The first-order valence-corrected chi connectivity index (χ1v) is 15.7. The van der Waals surface area contributed by atoms with E-state index in [0.717, 1.165) is 10.6 Å². The van der Waals surface area contributed by atoms with Gasteiger partial charge in [-0.3, -0.25) is 18.3 Å². The van der Waals surface area contributed by atoms with Crippen LogP contribution in [-0.4, -0.2) is 72.9 Å². The maximum Gasteiger partial charge on any atom is 0.290 e. The zero-order chi connectivity index (χ0) is 31.1. The Bertz CT molecular complexity index is 2310. The Kier molecular flexibility index (Phi) is 6.15. The van der Waals surface area contributed by atoms with Crippen molar-refractivity contribution in [2.24, 2.45) is 5.92 Å². The van der Waals surface area contributed by atoms with Crippen LogP contribution in [0, 0.1) is 11.7 Å². The van der Waals surface area contributed by atoms with Gasteiger partial charge in [-0.05, 0) is 42.3 Å². The number of carbonyl (C=O) groups is 2. The van der Waals surface area contributed by atoms with Gasteiger partial charge in [0.15, 0.2) is 0 Å². The van der Waals surface area contributed by atoms with Gasteiger partial charge >= 0.3 is 0 Å². The van der Waals surface area contributed by atoms with Gasteiger partial charge in [-0.15, -0.1) is 0 Å². The summed E-state index contributed by atoms with van der Waals surface area (Å²) in [5.41, 5.74) is 3.47. The number of nitrogens with one attached hydrogen (secondary N) is 1. The standard InChI is InChI=1S/C31H27FN6O5S/c1-16-13-37(14-16)31(40)29-27(30(39)33-2)19-10-18(24(12-26(19)43-29)36(3)44(4,41)42)21-8-9-22-28(35-21)25-11-17-20(32)6-5-7-23(17)38(25)15-34-22/h5-12,15-16H,13-14H2,1-4H3,(H,33,39). The molecular weight excluding hydrogens is 587 g/mol. The fourth-order valence-corrected chi connectivity index (χ4v) is 6.33. The van der Waals surface area contributed by atoms with Gasteiger partial charge in [-0.1, -0.05) is 13.0 Å². The summed E-state index contributed by atoms with van der Waals surface area (Å²) in [7, 11) is -0.896. The largest absolute Gasteiger partial charge is 0.450 e. The summed E-state index contributed by atoms with van der Waals surface area (Å²) in [5, 5.41) is 3.33. The van der Waals surface area contributed by atoms with Crippen LogP contribution >= 0.6 is 0 Å². The van der Waals surface area contributed by atoms with Gasteiger partial charge in [0.2, 0.25) is 15.8 Å². The lowest BCUT2D eigenvalue weighted by molar-refractivity contribution is 0.0497. The van der Waals surface area contributed by atoms with E-state index in [1.165, 1.54) is 26.2 Å². The number of aromatic nitrogens is 3. The van der Waals surface area contributed by atoms with Gasteiger partial charge in [0.1, 0.15) is 23.2 Å². The Morgan fingerprint density at radius 3 is 2.57 bits per heavy atom. The molecule has 0 saturated carbocycles. The molecule has 6 aromatic rings. The van der Waals surface area contributed by atoms with E-state index in [2.05, 4.69) is 10.3 Å². The number of anilines is 1. The highest BCUT2D eigenvalue weighted by Gasteiger charge is 2.35. The van der Waals surface area contributed by atoms with Crippen LogP contribution in [-0.2, 0) is 10.0 Å². The fourth-order valence-electron chi connectivity index (χ4n) is 5.82. The van der Waals surface area contributed by atoms with Crippen LogP contribution in [0.1, 0.15) is 27.8 Å². The first-order valence-electron chi connectivity index (χ1n) is 13.9. The SMILES string of the molecule is CNC(=O)c1c(C(=O)N2CC(C)C2)oc2cc(N(C)S(C)(=O)=O)c(-c3ccc4ncn5c6cccc(F)c6cc5c4n3)cc12. The highest BCUT2D eigenvalue weighted by atomic mass is 32.2. The molecule has 11 nitrogen and oxygen atoms in total. The number of sulfonamides is 1. The maximum absolute atomic E-state index is 14.7. The van der Waals surface area contributed by atoms with Gasteiger partial charge in [-0.25, -0.2) is 22.8 Å². The number of fused-ring (bicyclic) bond motifs is 6. The Morgan fingerprint density at radius 1 is 1.09 bits per heavy atom. The molecule has 2 amide bonds. The van der Waals surface area contributed by atoms with Crippen LogP contribution < -0.4 is 9.62 Å². The van der Waals surface area contributed by atoms with Crippen molar-refractivity contribution in [3.8, 4) is 11.3 Å². The molecule has 1 fully saturated rings. The Balaban J connectivity index is 1.51. The maximum atomic E-state index is 14.7. The van der Waals surface area contributed by atoms with E-state index in [4.69, 9.17) is 9.40 Å². The lowest BCUT2D eigenvalue weighted by Crippen LogP contribution is -2.48. The van der Waals surface area contributed by atoms with Crippen LogP contribution in [0.5, 0.6) is 0 Å². The molecule has 13 heteroatoms. The summed E-state index contributed by atoms with van der Waals surface area (Å²) in [6.45, 7) is 3.10. The second kappa shape index (κ2) is 9.74. The molecule has 0 aliphatic carbocycles. The number of likely N-dealkylation sites (tertiary alicyclic amines) is 1. The monoisotopic (exact) mass is 614 g/mol. The zero-order valence-electron chi connectivity index (χ0n) is 24.3. The van der Waals surface area contributed by atoms with Crippen molar-refractivity contribution in [1.82, 2.24) is 24.6 Å². The molecule has 1 aliphatic heterocycles. The average Bonchev–Trinajstić information content (AvgIpc) is 3.56. The van der Waals surface area contributed by atoms with Crippen LogP contribution in [0.15, 0.2) is 59.3 Å². The number of carbonyl (C=O) groups excluding carboxylic acids is 2. The molecule has 0 spiro atoms. The minimum absolute atomic E-state index is 0.0556. The molecular formula is C31H27FN6O5S. The number of hydrogen-bond acceptors (Lipinski definition) is 7. The lowest BCUT2D eigenvalue weighted by Gasteiger charge is -2.36. The van der Waals surface area contributed by atoms with E-state index >= 15 is 0 Å². The van der Waals surface area contributed by atoms with Crippen molar-refractivity contribution in [3.05, 3.63) is 72.0 Å². The van der Waals surface area contributed by atoms with Crippen LogP contribution in [0.25, 0.3) is 49.7 Å². The highest BCUT2D eigenvalue weighted by Crippen LogP contribution is 2.39. The summed E-state index contributed by atoms with van der Waals surface area (Å²) < 4.78 is 49.1. The number of benzene rings is 2. The van der Waals surface area contributed by atoms with Crippen molar-refractivity contribution in [1.29, 1.82) is 0 Å². The number of nitrogens with zero attached hydrogens (tertiary/aromatic N) is 5. The van der Waals surface area contributed by atoms with E-state index < -0.39 is 21.8 Å². The number of hydrogen-bond donors (Lipinski definition) is 1. The highest BCUT2D eigenvalue weighted by molar-refractivity contribution is 7.92. The molecule has 44 heavy (non-hydrogen) atoms. The molecule has 0 atom stereocenters. The molecule has 1 N–H and O–H groups in total. The smallest absolute Gasteiger partial charge is 0.290 e. The third kappa shape index (κ3) is 4.18. The number of halogens is 1. The molecule has 1 saturated heterocycles. The minimum Gasteiger partial charge on any atom is -0.450 e. The Labute approximate surface area is 250 Å². The van der Waals surface area contributed by atoms with Gasteiger partial charge in [0.25, 0.3) is 11.8 Å². The van der Waals surface area contributed by atoms with Gasteiger partial charge in [0, 0.05) is 49.6 Å². The van der Waals surface area contributed by atoms with Crippen LogP contribution in [0.2, 0.25) is 0 Å². The van der Waals surface area contributed by atoms with Crippen molar-refractivity contribution in [3.63, 3.8) is 0 Å². The molecule has 0 unspecified atom stereocenters. The van der Waals surface area contributed by atoms with Crippen LogP contribution in [0.3, 0.4) is 0 Å². The summed E-state index contributed by atoms with van der Waals surface area (Å²) >= 11 is 0. The van der Waals surface area contributed by atoms with Crippen LogP contribution in [0.4, 0.5) is 10.1 Å². The minimum atomic E-state index is -3.76. The van der Waals surface area contributed by atoms with E-state index in [-0.39, 0.29) is 28.4 Å². The van der Waals surface area contributed by atoms with Crippen molar-refractivity contribution in [2.75, 3.05) is 37.7 Å². The summed E-state index contributed by atoms with van der Waals surface area (Å²) in [6.07, 6.45) is 2.68. The first-order chi connectivity index (χ1) is 21.0. The predicted octanol–water partition coefficient (Wildman–Crippen LogP) is 4.44. The second-order valence-electron chi connectivity index (χ2n) is 11.2. The molecule has 2 aromatic carbocycles. The average molecular weight is 615 g/mol. The molecule has 0 radical (unpaired) electrons. The molecule has 224 valence electrons. The quantitative estimate of drug-likeness (QED) is 0.304. The Morgan fingerprint density at radius 2 is 1.86 bits per heavy atom. The number of furan rings is 1. The van der Waals surface area contributed by atoms with E-state index in [0.29, 0.717) is 63.1 Å². The van der Waals surface area contributed by atoms with Gasteiger partial charge in [0.05, 0.1) is 39.8 Å². The summed E-state index contributed by atoms with van der Waals surface area (Å²) in [6, 6.07) is 13.1. The van der Waals surface area contributed by atoms with Crippen molar-refractivity contribution in [2.45, 2.75) is 6.92 Å². The first kappa shape index (κ1) is 27.8. The predicted molar refractivity (Wildman–Crippen MR) is 165 cm³/mol.